The fourth-order valence-electron chi connectivity index (χ4n) is 1.80. The van der Waals surface area contributed by atoms with Crippen LogP contribution in [0.4, 0.5) is 5.13 Å². The number of halogens is 2. The van der Waals surface area contributed by atoms with Crippen molar-refractivity contribution in [3.05, 3.63) is 19.3 Å². The molecule has 0 amide bonds. The van der Waals surface area contributed by atoms with E-state index in [9.17, 15) is 0 Å². The number of hydrogen-bond acceptors (Lipinski definition) is 4. The third-order valence-electron chi connectivity index (χ3n) is 2.77. The van der Waals surface area contributed by atoms with Crippen LogP contribution in [-0.4, -0.2) is 46.1 Å². The molecule has 3 nitrogen and oxygen atoms in total. The molecule has 0 saturated carbocycles. The lowest BCUT2D eigenvalue weighted by Gasteiger charge is -2.08. The molecule has 0 fully saturated rings. The lowest BCUT2D eigenvalue weighted by atomic mass is 10.3. The highest BCUT2D eigenvalue weighted by Gasteiger charge is 2.08. The van der Waals surface area contributed by atoms with Gasteiger partial charge in [0.2, 0.25) is 0 Å². The third-order valence-corrected chi connectivity index (χ3v) is 6.88. The topological polar surface area (TPSA) is 28.2 Å². The average Bonchev–Trinajstić information content (AvgIpc) is 2.84. The van der Waals surface area contributed by atoms with Crippen LogP contribution in [0.1, 0.15) is 6.42 Å². The van der Waals surface area contributed by atoms with Gasteiger partial charge < -0.3 is 10.2 Å². The van der Waals surface area contributed by atoms with E-state index >= 15 is 0 Å². The molecule has 0 radical (unpaired) electrons. The van der Waals surface area contributed by atoms with Gasteiger partial charge in [-0.3, -0.25) is 0 Å². The summed E-state index contributed by atoms with van der Waals surface area (Å²) in [5.74, 6) is 0. The van der Waals surface area contributed by atoms with Crippen LogP contribution >= 0.6 is 52.8 Å². The Morgan fingerprint density at radius 1 is 1.30 bits per heavy atom. The zero-order valence-corrected chi connectivity index (χ0v) is 16.9. The van der Waals surface area contributed by atoms with Crippen molar-refractivity contribution >= 4 is 77.2 Å². The van der Waals surface area contributed by atoms with Crippen molar-refractivity contribution < 1.29 is 0 Å². The highest BCUT2D eigenvalue weighted by molar-refractivity contribution is 14.2. The number of hydrogen-bond donors (Lipinski definition) is 1. The lowest BCUT2D eigenvalue weighted by Crippen LogP contribution is -2.16. The SMILES string of the molecule is C=Ic1cc(I=C)c2nc(NCCCN(C)C)sc2c1. The Kier molecular flexibility index (Phi) is 6.50. The first-order valence-corrected chi connectivity index (χ1v) is 12.3. The minimum atomic E-state index is -0.179. The number of benzene rings is 1. The Labute approximate surface area is 144 Å². The van der Waals surface area contributed by atoms with Gasteiger partial charge in [-0.1, -0.05) is 61.8 Å². The van der Waals surface area contributed by atoms with Crippen LogP contribution < -0.4 is 5.32 Å². The van der Waals surface area contributed by atoms with Gasteiger partial charge >= 0.3 is 0 Å². The molecule has 2 rings (SSSR count). The van der Waals surface area contributed by atoms with Gasteiger partial charge in [-0.15, -0.1) is 0 Å². The summed E-state index contributed by atoms with van der Waals surface area (Å²) in [4.78, 5) is 6.95. The van der Waals surface area contributed by atoms with Crippen molar-refractivity contribution in [1.82, 2.24) is 9.88 Å². The van der Waals surface area contributed by atoms with Crippen molar-refractivity contribution in [2.24, 2.45) is 0 Å². The predicted octanol–water partition coefficient (Wildman–Crippen LogP) is 3.80. The minimum absolute atomic E-state index is 0.108. The van der Waals surface area contributed by atoms with Crippen molar-refractivity contribution in [2.75, 3.05) is 32.5 Å². The molecule has 20 heavy (non-hydrogen) atoms. The fraction of sp³-hybridized carbons (Fsp3) is 0.357. The number of nitrogens with one attached hydrogen (secondary N) is 1. The maximum atomic E-state index is 4.75. The molecule has 1 N–H and O–H groups in total. The van der Waals surface area contributed by atoms with E-state index < -0.39 is 0 Å². The van der Waals surface area contributed by atoms with Crippen molar-refractivity contribution in [1.29, 1.82) is 0 Å². The first-order valence-electron chi connectivity index (χ1n) is 6.24. The van der Waals surface area contributed by atoms with Gasteiger partial charge in [-0.25, -0.2) is 4.98 Å². The molecule has 0 aliphatic heterocycles. The van der Waals surface area contributed by atoms with Crippen LogP contribution in [0.2, 0.25) is 0 Å². The van der Waals surface area contributed by atoms with E-state index in [0.29, 0.717) is 0 Å². The van der Waals surface area contributed by atoms with Crippen LogP contribution in [0.25, 0.3) is 10.2 Å². The summed E-state index contributed by atoms with van der Waals surface area (Å²) < 4.78 is 12.3. The number of thiazole rings is 1. The second-order valence-electron chi connectivity index (χ2n) is 4.60. The molecule has 1 heterocycles. The monoisotopic (exact) mass is 515 g/mol. The molecule has 1 aromatic carbocycles. The van der Waals surface area contributed by atoms with Gasteiger partial charge in [0, 0.05) is 13.7 Å². The Morgan fingerprint density at radius 3 is 2.75 bits per heavy atom. The summed E-state index contributed by atoms with van der Waals surface area (Å²) in [6, 6.07) is 4.54. The van der Waals surface area contributed by atoms with E-state index in [1.807, 2.05) is 0 Å². The lowest BCUT2D eigenvalue weighted by molar-refractivity contribution is 0.405. The molecule has 0 bridgehead atoms. The summed E-state index contributed by atoms with van der Waals surface area (Å²) in [6.45, 7) is 2.07. The molecule has 6 heteroatoms. The molecule has 0 spiro atoms. The van der Waals surface area contributed by atoms with Crippen LogP contribution in [0.5, 0.6) is 0 Å². The van der Waals surface area contributed by atoms with E-state index in [1.165, 1.54) is 11.8 Å². The smallest absolute Gasteiger partial charge is 0.183 e. The van der Waals surface area contributed by atoms with E-state index in [0.717, 1.165) is 30.2 Å². The second-order valence-corrected chi connectivity index (χ2v) is 9.57. The normalized spacial score (nSPS) is 11.3. The molecule has 0 saturated heterocycles. The number of anilines is 1. The van der Waals surface area contributed by atoms with E-state index in [-0.39, 0.29) is 41.5 Å². The van der Waals surface area contributed by atoms with Crippen LogP contribution in [0.15, 0.2) is 12.1 Å². The third kappa shape index (κ3) is 4.28. The summed E-state index contributed by atoms with van der Waals surface area (Å²) in [5, 5.41) is 4.48. The minimum Gasteiger partial charge on any atom is -0.361 e. The van der Waals surface area contributed by atoms with Gasteiger partial charge in [0.25, 0.3) is 0 Å². The number of nitrogens with zero attached hydrogens (tertiary/aromatic N) is 2. The molecule has 110 valence electrons. The van der Waals surface area contributed by atoms with Crippen molar-refractivity contribution in [3.8, 4) is 0 Å². The number of aromatic nitrogens is 1. The summed E-state index contributed by atoms with van der Waals surface area (Å²) in [5.41, 5.74) is 1.16. The van der Waals surface area contributed by atoms with E-state index in [2.05, 4.69) is 45.5 Å². The zero-order valence-electron chi connectivity index (χ0n) is 11.7. The molecular formula is C14H19I2N3S. The predicted molar refractivity (Wildman–Crippen MR) is 111 cm³/mol. The zero-order chi connectivity index (χ0) is 14.5. The second kappa shape index (κ2) is 7.90. The van der Waals surface area contributed by atoms with Crippen molar-refractivity contribution in [2.45, 2.75) is 6.42 Å². The Balaban J connectivity index is 2.16. The molecule has 0 atom stereocenters. The summed E-state index contributed by atoms with van der Waals surface area (Å²) in [7, 11) is 4.20. The highest BCUT2D eigenvalue weighted by atomic mass is 127. The maximum absolute atomic E-state index is 4.75. The summed E-state index contributed by atoms with van der Waals surface area (Å²) in [6.07, 6.45) is 1.13. The highest BCUT2D eigenvalue weighted by Crippen LogP contribution is 2.32. The fourth-order valence-corrected chi connectivity index (χ4v) is 6.14. The number of rotatable bonds is 7. The molecular weight excluding hydrogens is 496 g/mol. The Morgan fingerprint density at radius 2 is 2.10 bits per heavy atom. The first kappa shape index (κ1) is 16.4. The van der Waals surface area contributed by atoms with E-state index in [4.69, 9.17) is 4.98 Å². The maximum Gasteiger partial charge on any atom is 0.183 e. The van der Waals surface area contributed by atoms with Gasteiger partial charge in [-0.05, 0) is 39.2 Å². The number of fused-ring (bicyclic) bond motifs is 1. The Hall–Kier alpha value is 0.0700. The van der Waals surface area contributed by atoms with Gasteiger partial charge in [0.1, 0.15) is 0 Å². The molecule has 0 unspecified atom stereocenters. The molecule has 2 aromatic rings. The van der Waals surface area contributed by atoms with Crippen LogP contribution in [-0.2, 0) is 0 Å². The Bertz CT molecular complexity index is 622. The van der Waals surface area contributed by atoms with Crippen molar-refractivity contribution in [3.63, 3.8) is 0 Å². The van der Waals surface area contributed by atoms with Gasteiger partial charge in [-0.2, -0.15) is 0 Å². The van der Waals surface area contributed by atoms with Gasteiger partial charge in [0.05, 0.1) is 10.2 Å². The van der Waals surface area contributed by atoms with Crippen LogP contribution in [0, 0.1) is 7.14 Å². The quantitative estimate of drug-likeness (QED) is 0.450. The summed E-state index contributed by atoms with van der Waals surface area (Å²) >= 11 is 1.47. The van der Waals surface area contributed by atoms with Crippen LogP contribution in [0.3, 0.4) is 0 Å². The first-order chi connectivity index (χ1) is 9.63. The van der Waals surface area contributed by atoms with E-state index in [1.54, 1.807) is 11.3 Å². The molecule has 0 aliphatic carbocycles. The largest absolute Gasteiger partial charge is 0.361 e. The van der Waals surface area contributed by atoms with Gasteiger partial charge in [0.15, 0.2) is 5.13 Å². The molecule has 0 aliphatic rings. The molecule has 1 aromatic heterocycles. The average molecular weight is 515 g/mol. The standard InChI is InChI=1S/C14H19I2N3S/c1-15-10-8-11(16-2)13-12(9-10)20-14(18-13)17-6-5-7-19(3)4/h8-9H,1-2,5-7H2,3-4H3,(H,17,18).